The first-order chi connectivity index (χ1) is 24.7. The third kappa shape index (κ3) is 41.9. The molecule has 0 fully saturated rings. The third-order valence-electron chi connectivity index (χ3n) is 11.7. The van der Waals surface area contributed by atoms with E-state index in [1.54, 1.807) is 0 Å². The summed E-state index contributed by atoms with van der Waals surface area (Å²) in [6.07, 6.45) is 60.7. The van der Waals surface area contributed by atoms with Gasteiger partial charge in [0.05, 0.1) is 5.92 Å². The number of hydrogen-bond acceptors (Lipinski definition) is 1. The van der Waals surface area contributed by atoms with E-state index < -0.39 is 5.97 Å². The Kier molecular flexibility index (Phi) is 44.2. The first-order valence-electron chi connectivity index (χ1n) is 23.9. The molecule has 0 aromatic carbocycles. The van der Waals surface area contributed by atoms with Crippen LogP contribution in [-0.2, 0) is 4.79 Å². The molecule has 0 aromatic rings. The molecule has 0 bridgehead atoms. The van der Waals surface area contributed by atoms with Crippen molar-refractivity contribution in [1.82, 2.24) is 0 Å². The Morgan fingerprint density at radius 1 is 0.280 bits per heavy atom. The van der Waals surface area contributed by atoms with Crippen molar-refractivity contribution in [2.45, 2.75) is 296 Å². The fourth-order valence-electron chi connectivity index (χ4n) is 8.04. The van der Waals surface area contributed by atoms with Gasteiger partial charge in [-0.1, -0.05) is 284 Å². The smallest absolute Gasteiger partial charge is 0.306 e. The molecule has 1 atom stereocenters. The quantitative estimate of drug-likeness (QED) is 0.0641. The van der Waals surface area contributed by atoms with Crippen molar-refractivity contribution in [3.63, 3.8) is 0 Å². The molecule has 300 valence electrons. The van der Waals surface area contributed by atoms with E-state index in [4.69, 9.17) is 0 Å². The minimum Gasteiger partial charge on any atom is -0.481 e. The van der Waals surface area contributed by atoms with E-state index in [2.05, 4.69) is 13.8 Å². The van der Waals surface area contributed by atoms with Crippen LogP contribution >= 0.6 is 0 Å². The van der Waals surface area contributed by atoms with E-state index in [1.807, 2.05) is 0 Å². The van der Waals surface area contributed by atoms with Crippen LogP contribution in [-0.4, -0.2) is 11.1 Å². The van der Waals surface area contributed by atoms with Crippen LogP contribution in [0.4, 0.5) is 0 Å². The van der Waals surface area contributed by atoms with Crippen molar-refractivity contribution >= 4 is 5.97 Å². The van der Waals surface area contributed by atoms with Gasteiger partial charge in [-0.25, -0.2) is 0 Å². The predicted octanol–water partition coefficient (Wildman–Crippen LogP) is 17.9. The Morgan fingerprint density at radius 3 is 0.560 bits per heavy atom. The first-order valence-corrected chi connectivity index (χ1v) is 23.9. The van der Waals surface area contributed by atoms with Gasteiger partial charge in [0, 0.05) is 0 Å². The second-order valence-corrected chi connectivity index (χ2v) is 16.8. The van der Waals surface area contributed by atoms with E-state index in [0.29, 0.717) is 0 Å². The highest BCUT2D eigenvalue weighted by Gasteiger charge is 2.16. The van der Waals surface area contributed by atoms with E-state index in [1.165, 1.54) is 257 Å². The molecule has 0 saturated carbocycles. The van der Waals surface area contributed by atoms with Gasteiger partial charge in [0.15, 0.2) is 0 Å². The maximum absolute atomic E-state index is 11.7. The number of rotatable bonds is 45. The van der Waals surface area contributed by atoms with Crippen LogP contribution in [0.15, 0.2) is 0 Å². The minimum atomic E-state index is -0.552. The van der Waals surface area contributed by atoms with E-state index >= 15 is 0 Å². The number of hydrogen-bond donors (Lipinski definition) is 1. The molecular formula is C48H96O2. The van der Waals surface area contributed by atoms with Crippen LogP contribution in [0.25, 0.3) is 0 Å². The number of carboxylic acid groups (broad SMARTS) is 1. The second-order valence-electron chi connectivity index (χ2n) is 16.8. The lowest BCUT2D eigenvalue weighted by atomic mass is 9.94. The SMILES string of the molecule is CCCCCCCCCCCCCCCCCCCCCCCCCCCCCCCCC(CCCCCCCCCCCCCC)C(=O)O. The number of unbranched alkanes of at least 4 members (excludes halogenated alkanes) is 40. The Bertz CT molecular complexity index is 615. The lowest BCUT2D eigenvalue weighted by Gasteiger charge is -2.12. The van der Waals surface area contributed by atoms with Crippen LogP contribution in [0, 0.1) is 5.92 Å². The average Bonchev–Trinajstić information content (AvgIpc) is 3.11. The molecule has 1 N–H and O–H groups in total. The lowest BCUT2D eigenvalue weighted by molar-refractivity contribution is -0.142. The number of carboxylic acids is 1. The summed E-state index contributed by atoms with van der Waals surface area (Å²) in [5.74, 6) is -0.652. The maximum atomic E-state index is 11.7. The summed E-state index contributed by atoms with van der Waals surface area (Å²) in [6.45, 7) is 4.59. The summed E-state index contributed by atoms with van der Waals surface area (Å²) in [4.78, 5) is 11.7. The molecule has 0 aromatic heterocycles. The van der Waals surface area contributed by atoms with Gasteiger partial charge in [0.25, 0.3) is 0 Å². The van der Waals surface area contributed by atoms with Crippen LogP contribution in [0.1, 0.15) is 296 Å². The van der Waals surface area contributed by atoms with Crippen molar-refractivity contribution in [1.29, 1.82) is 0 Å². The monoisotopic (exact) mass is 705 g/mol. The molecule has 2 heteroatoms. The highest BCUT2D eigenvalue weighted by Crippen LogP contribution is 2.21. The van der Waals surface area contributed by atoms with Gasteiger partial charge < -0.3 is 5.11 Å². The zero-order valence-electron chi connectivity index (χ0n) is 35.0. The fourth-order valence-corrected chi connectivity index (χ4v) is 8.04. The van der Waals surface area contributed by atoms with Gasteiger partial charge in [0.2, 0.25) is 0 Å². The largest absolute Gasteiger partial charge is 0.481 e. The Hall–Kier alpha value is -0.530. The van der Waals surface area contributed by atoms with Gasteiger partial charge >= 0.3 is 5.97 Å². The zero-order valence-corrected chi connectivity index (χ0v) is 35.0. The normalized spacial score (nSPS) is 12.2. The zero-order chi connectivity index (χ0) is 36.3. The van der Waals surface area contributed by atoms with Crippen molar-refractivity contribution in [2.75, 3.05) is 0 Å². The summed E-state index contributed by atoms with van der Waals surface area (Å²) < 4.78 is 0. The Balaban J connectivity index is 3.27. The molecule has 0 saturated heterocycles. The standard InChI is InChI=1S/C48H96O2/c1-3-5-7-9-11-13-15-17-18-19-20-21-22-23-24-25-26-27-28-29-30-31-32-33-34-36-38-40-42-44-46-47(48(49)50)45-43-41-39-37-35-16-14-12-10-8-6-4-2/h47H,3-46H2,1-2H3,(H,49,50). The lowest BCUT2D eigenvalue weighted by Crippen LogP contribution is -2.13. The molecule has 0 radical (unpaired) electrons. The maximum Gasteiger partial charge on any atom is 0.306 e. The third-order valence-corrected chi connectivity index (χ3v) is 11.7. The average molecular weight is 705 g/mol. The second kappa shape index (κ2) is 44.6. The topological polar surface area (TPSA) is 37.3 Å². The molecule has 2 nitrogen and oxygen atoms in total. The summed E-state index contributed by atoms with van der Waals surface area (Å²) >= 11 is 0. The Morgan fingerprint density at radius 2 is 0.420 bits per heavy atom. The first kappa shape index (κ1) is 49.5. The molecule has 1 unspecified atom stereocenters. The van der Waals surface area contributed by atoms with Crippen molar-refractivity contribution in [3.8, 4) is 0 Å². The van der Waals surface area contributed by atoms with Crippen molar-refractivity contribution in [3.05, 3.63) is 0 Å². The molecule has 0 spiro atoms. The van der Waals surface area contributed by atoms with Gasteiger partial charge in [-0.15, -0.1) is 0 Å². The van der Waals surface area contributed by atoms with Crippen LogP contribution in [0.3, 0.4) is 0 Å². The molecule has 0 amide bonds. The van der Waals surface area contributed by atoms with E-state index in [0.717, 1.165) is 25.7 Å². The van der Waals surface area contributed by atoms with Crippen LogP contribution < -0.4 is 0 Å². The Labute approximate surface area is 317 Å². The van der Waals surface area contributed by atoms with E-state index in [9.17, 15) is 9.90 Å². The van der Waals surface area contributed by atoms with Gasteiger partial charge in [0.1, 0.15) is 0 Å². The highest BCUT2D eigenvalue weighted by molar-refractivity contribution is 5.69. The van der Waals surface area contributed by atoms with E-state index in [-0.39, 0.29) is 5.92 Å². The summed E-state index contributed by atoms with van der Waals surface area (Å²) in [7, 11) is 0. The number of aliphatic carboxylic acids is 1. The summed E-state index contributed by atoms with van der Waals surface area (Å²) in [5.41, 5.74) is 0. The molecule has 0 aliphatic carbocycles. The molecular weight excluding hydrogens is 609 g/mol. The van der Waals surface area contributed by atoms with Crippen molar-refractivity contribution in [2.24, 2.45) is 5.92 Å². The van der Waals surface area contributed by atoms with Gasteiger partial charge in [-0.3, -0.25) is 4.79 Å². The molecule has 0 rings (SSSR count). The number of carbonyl (C=O) groups is 1. The van der Waals surface area contributed by atoms with Gasteiger partial charge in [-0.2, -0.15) is 0 Å². The van der Waals surface area contributed by atoms with Gasteiger partial charge in [-0.05, 0) is 12.8 Å². The highest BCUT2D eigenvalue weighted by atomic mass is 16.4. The van der Waals surface area contributed by atoms with Crippen LogP contribution in [0.2, 0.25) is 0 Å². The summed E-state index contributed by atoms with van der Waals surface area (Å²) in [5, 5.41) is 9.66. The molecule has 0 aliphatic heterocycles. The minimum absolute atomic E-state index is 0.100. The summed E-state index contributed by atoms with van der Waals surface area (Å²) in [6, 6.07) is 0. The van der Waals surface area contributed by atoms with Crippen molar-refractivity contribution < 1.29 is 9.90 Å². The fraction of sp³-hybridized carbons (Fsp3) is 0.979. The molecule has 50 heavy (non-hydrogen) atoms. The molecule has 0 heterocycles. The molecule has 0 aliphatic rings. The predicted molar refractivity (Wildman–Crippen MR) is 226 cm³/mol. The van der Waals surface area contributed by atoms with Crippen LogP contribution in [0.5, 0.6) is 0 Å².